The van der Waals surface area contributed by atoms with Crippen molar-refractivity contribution >= 4 is 15.7 Å². The molecule has 1 aromatic rings. The van der Waals surface area contributed by atoms with Crippen LogP contribution < -0.4 is 11.1 Å². The lowest BCUT2D eigenvalue weighted by molar-refractivity contribution is 0.0956. The summed E-state index contributed by atoms with van der Waals surface area (Å²) >= 11 is 0. The van der Waals surface area contributed by atoms with Crippen LogP contribution in [0, 0.1) is 11.8 Å². The van der Waals surface area contributed by atoms with Crippen LogP contribution in [-0.4, -0.2) is 38.9 Å². The fraction of sp³-hybridized carbons (Fsp3) is 0.357. The van der Waals surface area contributed by atoms with Crippen LogP contribution in [0.5, 0.6) is 0 Å². The lowest BCUT2D eigenvalue weighted by atomic mass is 10.1. The molecule has 6 heteroatoms. The smallest absolute Gasteiger partial charge is 0.252 e. The third kappa shape index (κ3) is 5.03. The Hall–Kier alpha value is -1.84. The van der Waals surface area contributed by atoms with Crippen molar-refractivity contribution in [1.29, 1.82) is 0 Å². The summed E-state index contributed by atoms with van der Waals surface area (Å²) in [6.45, 7) is 1.88. The second-order valence-corrected chi connectivity index (χ2v) is 6.52. The minimum absolute atomic E-state index is 0.0636. The highest BCUT2D eigenvalue weighted by Gasteiger charge is 2.11. The molecule has 1 aromatic carbocycles. The second-order valence-electron chi connectivity index (χ2n) is 4.04. The first kappa shape index (κ1) is 16.2. The van der Waals surface area contributed by atoms with Crippen molar-refractivity contribution in [3.8, 4) is 11.8 Å². The predicted molar refractivity (Wildman–Crippen MR) is 79.0 cm³/mol. The number of hydrogen-bond donors (Lipinski definition) is 2. The molecule has 0 aliphatic rings. The molecule has 20 heavy (non-hydrogen) atoms. The van der Waals surface area contributed by atoms with Crippen LogP contribution in [0.3, 0.4) is 0 Å². The summed E-state index contributed by atoms with van der Waals surface area (Å²) in [4.78, 5) is 12.0. The molecule has 108 valence electrons. The van der Waals surface area contributed by atoms with Gasteiger partial charge in [-0.05, 0) is 12.1 Å². The van der Waals surface area contributed by atoms with Crippen molar-refractivity contribution in [2.24, 2.45) is 5.73 Å². The summed E-state index contributed by atoms with van der Waals surface area (Å²) < 4.78 is 22.7. The molecule has 0 aliphatic heterocycles. The molecule has 0 atom stereocenters. The maximum Gasteiger partial charge on any atom is 0.252 e. The molecule has 0 bridgehead atoms. The highest BCUT2D eigenvalue weighted by Crippen LogP contribution is 2.07. The van der Waals surface area contributed by atoms with E-state index in [4.69, 9.17) is 5.73 Å². The van der Waals surface area contributed by atoms with E-state index in [1.54, 1.807) is 31.2 Å². The third-order valence-corrected chi connectivity index (χ3v) is 4.34. The van der Waals surface area contributed by atoms with E-state index in [9.17, 15) is 13.2 Å². The number of nitrogens with one attached hydrogen (secondary N) is 1. The molecular formula is C14H18N2O3S. The van der Waals surface area contributed by atoms with Gasteiger partial charge in [-0.2, -0.15) is 0 Å². The molecular weight excluding hydrogens is 276 g/mol. The average Bonchev–Trinajstić information content (AvgIpc) is 2.45. The maximum atomic E-state index is 12.0. The lowest BCUT2D eigenvalue weighted by Gasteiger charge is -2.07. The van der Waals surface area contributed by atoms with Gasteiger partial charge in [0.05, 0.1) is 17.9 Å². The molecule has 0 spiro atoms. The van der Waals surface area contributed by atoms with Gasteiger partial charge in [0.2, 0.25) is 0 Å². The van der Waals surface area contributed by atoms with Crippen LogP contribution >= 0.6 is 0 Å². The number of carbonyl (C=O) groups is 1. The van der Waals surface area contributed by atoms with Crippen LogP contribution in [-0.2, 0) is 9.84 Å². The molecule has 5 nitrogen and oxygen atoms in total. The van der Waals surface area contributed by atoms with Crippen molar-refractivity contribution < 1.29 is 13.2 Å². The Bertz CT molecular complexity index is 627. The summed E-state index contributed by atoms with van der Waals surface area (Å²) in [5.74, 6) is 5.18. The Balaban J connectivity index is 2.73. The first-order chi connectivity index (χ1) is 9.50. The molecule has 0 radical (unpaired) electrons. The lowest BCUT2D eigenvalue weighted by Crippen LogP contribution is -2.30. The number of carbonyl (C=O) groups excluding carboxylic acids is 1. The molecule has 0 fully saturated rings. The first-order valence-electron chi connectivity index (χ1n) is 6.26. The Labute approximate surface area is 119 Å². The minimum atomic E-state index is -3.08. The van der Waals surface area contributed by atoms with Gasteiger partial charge in [-0.3, -0.25) is 4.79 Å². The summed E-state index contributed by atoms with van der Waals surface area (Å²) in [6.07, 6.45) is 0. The minimum Gasteiger partial charge on any atom is -0.351 e. The molecule has 0 unspecified atom stereocenters. The number of nitrogens with two attached hydrogens (primary N) is 1. The van der Waals surface area contributed by atoms with Gasteiger partial charge < -0.3 is 11.1 Å². The van der Waals surface area contributed by atoms with Crippen LogP contribution in [0.1, 0.15) is 22.8 Å². The monoisotopic (exact) mass is 294 g/mol. The number of amides is 1. The van der Waals surface area contributed by atoms with E-state index in [1.807, 2.05) is 0 Å². The standard InChI is InChI=1S/C14H18N2O3S/c1-2-20(18,19)11-10-16-14(17)13-8-4-3-6-12(13)7-5-9-15/h3-4,6,8H,2,9-11,15H2,1H3,(H,16,17). The summed E-state index contributed by atoms with van der Waals surface area (Å²) in [5, 5.41) is 2.59. The number of benzene rings is 1. The van der Waals surface area contributed by atoms with E-state index in [0.29, 0.717) is 11.1 Å². The maximum absolute atomic E-state index is 12.0. The van der Waals surface area contributed by atoms with Gasteiger partial charge in [0.15, 0.2) is 9.84 Å². The summed E-state index contributed by atoms with van der Waals surface area (Å²) in [7, 11) is -3.08. The summed E-state index contributed by atoms with van der Waals surface area (Å²) in [5.41, 5.74) is 6.30. The van der Waals surface area contributed by atoms with Gasteiger partial charge in [-0.25, -0.2) is 8.42 Å². The van der Waals surface area contributed by atoms with E-state index in [-0.39, 0.29) is 30.5 Å². The fourth-order valence-electron chi connectivity index (χ4n) is 1.50. The van der Waals surface area contributed by atoms with Crippen LogP contribution in [0.2, 0.25) is 0 Å². The average molecular weight is 294 g/mol. The Morgan fingerprint density at radius 2 is 2.05 bits per heavy atom. The topological polar surface area (TPSA) is 89.3 Å². The van der Waals surface area contributed by atoms with E-state index in [1.165, 1.54) is 0 Å². The SMILES string of the molecule is CCS(=O)(=O)CCNC(=O)c1ccccc1C#CCN. The molecule has 3 N–H and O–H groups in total. The van der Waals surface area contributed by atoms with Crippen molar-refractivity contribution in [3.05, 3.63) is 35.4 Å². The zero-order valence-corrected chi connectivity index (χ0v) is 12.2. The van der Waals surface area contributed by atoms with Gasteiger partial charge in [-0.15, -0.1) is 0 Å². The van der Waals surface area contributed by atoms with Crippen molar-refractivity contribution in [2.45, 2.75) is 6.92 Å². The van der Waals surface area contributed by atoms with E-state index < -0.39 is 9.84 Å². The molecule has 1 rings (SSSR count). The molecule has 0 saturated carbocycles. The third-order valence-electron chi connectivity index (χ3n) is 2.64. The van der Waals surface area contributed by atoms with E-state index >= 15 is 0 Å². The molecule has 0 heterocycles. The first-order valence-corrected chi connectivity index (χ1v) is 8.09. The highest BCUT2D eigenvalue weighted by molar-refractivity contribution is 7.91. The van der Waals surface area contributed by atoms with Gasteiger partial charge in [0, 0.05) is 17.9 Å². The van der Waals surface area contributed by atoms with Crippen molar-refractivity contribution in [3.63, 3.8) is 0 Å². The molecule has 0 saturated heterocycles. The number of sulfone groups is 1. The Morgan fingerprint density at radius 3 is 2.70 bits per heavy atom. The molecule has 0 aromatic heterocycles. The molecule has 0 aliphatic carbocycles. The van der Waals surface area contributed by atoms with E-state index in [0.717, 1.165) is 0 Å². The highest BCUT2D eigenvalue weighted by atomic mass is 32.2. The van der Waals surface area contributed by atoms with Crippen molar-refractivity contribution in [2.75, 3.05) is 24.6 Å². The zero-order valence-electron chi connectivity index (χ0n) is 11.3. The predicted octanol–water partition coefficient (Wildman–Crippen LogP) is 0.161. The second kappa shape index (κ2) is 7.68. The van der Waals surface area contributed by atoms with Crippen LogP contribution in [0.25, 0.3) is 0 Å². The van der Waals surface area contributed by atoms with Gasteiger partial charge >= 0.3 is 0 Å². The quantitative estimate of drug-likeness (QED) is 0.757. The Kier molecular flexibility index (Phi) is 6.22. The van der Waals surface area contributed by atoms with Crippen molar-refractivity contribution in [1.82, 2.24) is 5.32 Å². The summed E-state index contributed by atoms with van der Waals surface area (Å²) in [6, 6.07) is 6.87. The van der Waals surface area contributed by atoms with Gasteiger partial charge in [0.1, 0.15) is 0 Å². The Morgan fingerprint density at radius 1 is 1.35 bits per heavy atom. The molecule has 1 amide bonds. The largest absolute Gasteiger partial charge is 0.351 e. The van der Waals surface area contributed by atoms with Crippen LogP contribution in [0.15, 0.2) is 24.3 Å². The van der Waals surface area contributed by atoms with Gasteiger partial charge in [0.25, 0.3) is 5.91 Å². The zero-order chi connectivity index (χ0) is 15.0. The number of rotatable bonds is 5. The van der Waals surface area contributed by atoms with E-state index in [2.05, 4.69) is 17.2 Å². The van der Waals surface area contributed by atoms with Crippen LogP contribution in [0.4, 0.5) is 0 Å². The fourth-order valence-corrected chi connectivity index (χ4v) is 2.20. The number of hydrogen-bond acceptors (Lipinski definition) is 4. The van der Waals surface area contributed by atoms with Gasteiger partial charge in [-0.1, -0.05) is 30.9 Å². The normalized spacial score (nSPS) is 10.5.